The Kier molecular flexibility index (Phi) is 2.67. The van der Waals surface area contributed by atoms with Crippen molar-refractivity contribution in [2.24, 2.45) is 0 Å². The molecule has 19 heavy (non-hydrogen) atoms. The summed E-state index contributed by atoms with van der Waals surface area (Å²) in [6.45, 7) is 6.45. The van der Waals surface area contributed by atoms with Crippen molar-refractivity contribution in [3.63, 3.8) is 0 Å². The van der Waals surface area contributed by atoms with Crippen LogP contribution in [-0.4, -0.2) is 10.5 Å². The first-order valence-electron chi connectivity index (χ1n) is 6.60. The summed E-state index contributed by atoms with van der Waals surface area (Å²) in [5, 5.41) is 7.14. The van der Waals surface area contributed by atoms with Crippen molar-refractivity contribution in [3.05, 3.63) is 48.5 Å². The molecular formula is C17H18N2. The molecular weight excluding hydrogens is 232 g/mol. The molecule has 2 aromatic carbocycles. The molecule has 0 radical (unpaired) electrons. The highest BCUT2D eigenvalue weighted by Gasteiger charge is 2.14. The second kappa shape index (κ2) is 4.23. The number of hydrogen-bond acceptors (Lipinski definition) is 2. The molecule has 0 atom stereocenters. The Labute approximate surface area is 113 Å². The SMILES string of the molecule is CC(C)(C)Nc1nc2ccccc2c2ccccc12. The minimum absolute atomic E-state index is 0.00176. The summed E-state index contributed by atoms with van der Waals surface area (Å²) < 4.78 is 0. The van der Waals surface area contributed by atoms with E-state index in [9.17, 15) is 0 Å². The van der Waals surface area contributed by atoms with E-state index in [4.69, 9.17) is 4.98 Å². The Hall–Kier alpha value is -2.09. The number of benzene rings is 2. The summed E-state index contributed by atoms with van der Waals surface area (Å²) in [7, 11) is 0. The Bertz CT molecular complexity index is 739. The predicted octanol–water partition coefficient (Wildman–Crippen LogP) is 4.60. The first-order chi connectivity index (χ1) is 9.04. The fourth-order valence-electron chi connectivity index (χ4n) is 2.35. The summed E-state index contributed by atoms with van der Waals surface area (Å²) in [6, 6.07) is 16.7. The fraction of sp³-hybridized carbons (Fsp3) is 0.235. The normalized spacial score (nSPS) is 11.9. The van der Waals surface area contributed by atoms with Crippen molar-refractivity contribution >= 4 is 27.5 Å². The standard InChI is InChI=1S/C17H18N2/c1-17(2,3)19-16-14-10-5-4-8-12(14)13-9-6-7-11-15(13)18-16/h4-11H,1-3H3,(H,18,19). The van der Waals surface area contributed by atoms with Gasteiger partial charge in [0.05, 0.1) is 5.52 Å². The lowest BCUT2D eigenvalue weighted by atomic mass is 10.0. The van der Waals surface area contributed by atoms with Crippen LogP contribution in [0.2, 0.25) is 0 Å². The van der Waals surface area contributed by atoms with Gasteiger partial charge in [-0.3, -0.25) is 0 Å². The first-order valence-corrected chi connectivity index (χ1v) is 6.60. The molecule has 2 nitrogen and oxygen atoms in total. The van der Waals surface area contributed by atoms with Crippen LogP contribution in [-0.2, 0) is 0 Å². The van der Waals surface area contributed by atoms with Crippen LogP contribution in [0.3, 0.4) is 0 Å². The van der Waals surface area contributed by atoms with E-state index >= 15 is 0 Å². The maximum atomic E-state index is 4.78. The third-order valence-electron chi connectivity index (χ3n) is 3.10. The van der Waals surface area contributed by atoms with Crippen molar-refractivity contribution in [3.8, 4) is 0 Å². The smallest absolute Gasteiger partial charge is 0.134 e. The molecule has 0 saturated heterocycles. The average Bonchev–Trinajstić information content (AvgIpc) is 2.37. The van der Waals surface area contributed by atoms with Gasteiger partial charge in [-0.15, -0.1) is 0 Å². The number of rotatable bonds is 1. The topological polar surface area (TPSA) is 24.9 Å². The summed E-state index contributed by atoms with van der Waals surface area (Å²) in [5.41, 5.74) is 1.03. The summed E-state index contributed by atoms with van der Waals surface area (Å²) in [4.78, 5) is 4.78. The van der Waals surface area contributed by atoms with E-state index in [0.29, 0.717) is 0 Å². The van der Waals surface area contributed by atoms with Crippen LogP contribution in [0, 0.1) is 0 Å². The molecule has 96 valence electrons. The number of para-hydroxylation sites is 1. The third-order valence-corrected chi connectivity index (χ3v) is 3.10. The van der Waals surface area contributed by atoms with E-state index in [0.717, 1.165) is 11.3 Å². The summed E-state index contributed by atoms with van der Waals surface area (Å²) in [5.74, 6) is 0.960. The van der Waals surface area contributed by atoms with Crippen molar-refractivity contribution < 1.29 is 0 Å². The zero-order valence-electron chi connectivity index (χ0n) is 11.6. The third kappa shape index (κ3) is 2.26. The van der Waals surface area contributed by atoms with Crippen molar-refractivity contribution in [2.45, 2.75) is 26.3 Å². The Balaban J connectivity index is 2.36. The molecule has 0 aliphatic carbocycles. The molecule has 1 heterocycles. The molecule has 0 fully saturated rings. The van der Waals surface area contributed by atoms with Crippen LogP contribution >= 0.6 is 0 Å². The molecule has 2 heteroatoms. The number of pyridine rings is 1. The quantitative estimate of drug-likeness (QED) is 0.638. The second-order valence-electron chi connectivity index (χ2n) is 5.90. The zero-order chi connectivity index (χ0) is 13.5. The van der Waals surface area contributed by atoms with E-state index in [2.05, 4.69) is 68.6 Å². The van der Waals surface area contributed by atoms with Crippen LogP contribution < -0.4 is 5.32 Å². The lowest BCUT2D eigenvalue weighted by molar-refractivity contribution is 0.632. The molecule has 0 unspecified atom stereocenters. The van der Waals surface area contributed by atoms with Crippen molar-refractivity contribution in [1.29, 1.82) is 0 Å². The van der Waals surface area contributed by atoms with E-state index in [-0.39, 0.29) is 5.54 Å². The molecule has 1 aromatic heterocycles. The average molecular weight is 250 g/mol. The van der Waals surface area contributed by atoms with E-state index < -0.39 is 0 Å². The molecule has 0 saturated carbocycles. The van der Waals surface area contributed by atoms with E-state index in [1.165, 1.54) is 16.2 Å². The van der Waals surface area contributed by atoms with Gasteiger partial charge in [0.15, 0.2) is 0 Å². The molecule has 0 aliphatic rings. The number of nitrogens with one attached hydrogen (secondary N) is 1. The molecule has 1 N–H and O–H groups in total. The highest BCUT2D eigenvalue weighted by Crippen LogP contribution is 2.30. The van der Waals surface area contributed by atoms with Gasteiger partial charge in [0.2, 0.25) is 0 Å². The maximum absolute atomic E-state index is 4.78. The fourth-order valence-corrected chi connectivity index (χ4v) is 2.35. The van der Waals surface area contributed by atoms with E-state index in [1.807, 2.05) is 6.07 Å². The van der Waals surface area contributed by atoms with Crippen LogP contribution in [0.1, 0.15) is 20.8 Å². The van der Waals surface area contributed by atoms with Gasteiger partial charge in [0.25, 0.3) is 0 Å². The highest BCUT2D eigenvalue weighted by atomic mass is 15.0. The van der Waals surface area contributed by atoms with Crippen LogP contribution in [0.25, 0.3) is 21.7 Å². The Morgan fingerprint density at radius 3 is 2.05 bits per heavy atom. The lowest BCUT2D eigenvalue weighted by Crippen LogP contribution is -2.26. The zero-order valence-corrected chi connectivity index (χ0v) is 11.6. The molecule has 0 amide bonds. The van der Waals surface area contributed by atoms with Crippen LogP contribution in [0.5, 0.6) is 0 Å². The molecule has 0 aliphatic heterocycles. The molecule has 3 aromatic rings. The number of anilines is 1. The Morgan fingerprint density at radius 1 is 0.789 bits per heavy atom. The largest absolute Gasteiger partial charge is 0.365 e. The van der Waals surface area contributed by atoms with Crippen LogP contribution in [0.4, 0.5) is 5.82 Å². The van der Waals surface area contributed by atoms with Gasteiger partial charge >= 0.3 is 0 Å². The summed E-state index contributed by atoms with van der Waals surface area (Å²) >= 11 is 0. The van der Waals surface area contributed by atoms with Gasteiger partial charge in [0, 0.05) is 16.3 Å². The first kappa shape index (κ1) is 12.0. The van der Waals surface area contributed by atoms with Crippen molar-refractivity contribution in [1.82, 2.24) is 4.98 Å². The van der Waals surface area contributed by atoms with Gasteiger partial charge in [0.1, 0.15) is 5.82 Å². The predicted molar refractivity (Wildman–Crippen MR) is 82.6 cm³/mol. The minimum atomic E-state index is -0.00176. The molecule has 0 bridgehead atoms. The number of nitrogens with zero attached hydrogens (tertiary/aromatic N) is 1. The minimum Gasteiger partial charge on any atom is -0.365 e. The van der Waals surface area contributed by atoms with Crippen LogP contribution in [0.15, 0.2) is 48.5 Å². The molecule has 0 spiro atoms. The van der Waals surface area contributed by atoms with E-state index in [1.54, 1.807) is 0 Å². The van der Waals surface area contributed by atoms with Crippen molar-refractivity contribution in [2.75, 3.05) is 5.32 Å². The highest BCUT2D eigenvalue weighted by molar-refractivity contribution is 6.10. The lowest BCUT2D eigenvalue weighted by Gasteiger charge is -2.23. The van der Waals surface area contributed by atoms with Gasteiger partial charge in [-0.25, -0.2) is 4.98 Å². The maximum Gasteiger partial charge on any atom is 0.134 e. The number of aromatic nitrogens is 1. The van der Waals surface area contributed by atoms with Gasteiger partial charge in [-0.1, -0.05) is 42.5 Å². The van der Waals surface area contributed by atoms with Gasteiger partial charge < -0.3 is 5.32 Å². The van der Waals surface area contributed by atoms with Gasteiger partial charge in [-0.2, -0.15) is 0 Å². The van der Waals surface area contributed by atoms with Gasteiger partial charge in [-0.05, 0) is 32.2 Å². The monoisotopic (exact) mass is 250 g/mol. The summed E-state index contributed by atoms with van der Waals surface area (Å²) in [6.07, 6.45) is 0. The number of hydrogen-bond donors (Lipinski definition) is 1. The Morgan fingerprint density at radius 2 is 1.37 bits per heavy atom. The molecule has 3 rings (SSSR count). The second-order valence-corrected chi connectivity index (χ2v) is 5.90. The number of fused-ring (bicyclic) bond motifs is 3.